The van der Waals surface area contributed by atoms with Gasteiger partial charge in [-0.3, -0.25) is 0 Å². The molecule has 6 unspecified atom stereocenters. The van der Waals surface area contributed by atoms with Crippen LogP contribution in [0.1, 0.15) is 128 Å². The van der Waals surface area contributed by atoms with E-state index in [0.29, 0.717) is 47.6 Å². The third kappa shape index (κ3) is 12.0. The number of unbranched alkanes of at least 4 members (excludes halogenated alkanes) is 1. The van der Waals surface area contributed by atoms with Crippen LogP contribution >= 0.6 is 0 Å². The van der Waals surface area contributed by atoms with Gasteiger partial charge in [0, 0.05) is 0 Å². The fourth-order valence-corrected chi connectivity index (χ4v) is 13.0. The SMILES string of the molecule is CCCCC(N)=NC(N)C1C[C@H](C)[I-]C[C@@H]1CNC1C(CC)[C@H](C(C)(C)C)[C@@](C)(NCC(NC)C(CNCC)C(C)(C)CC)C[C@H]1C. The van der Waals surface area contributed by atoms with Gasteiger partial charge >= 0.3 is 240 Å². The van der Waals surface area contributed by atoms with Gasteiger partial charge in [-0.15, -0.1) is 0 Å². The molecule has 1 saturated heterocycles. The molecular formula is C39H81IN7-. The molecule has 0 radical (unpaired) electrons. The molecule has 8 heteroatoms. The van der Waals surface area contributed by atoms with Crippen LogP contribution in [0.4, 0.5) is 0 Å². The topological polar surface area (TPSA) is 113 Å². The van der Waals surface area contributed by atoms with E-state index in [9.17, 15) is 0 Å². The van der Waals surface area contributed by atoms with Gasteiger partial charge in [0.1, 0.15) is 0 Å². The molecule has 2 fully saturated rings. The molecule has 0 aromatic heterocycles. The molecule has 7 nitrogen and oxygen atoms in total. The molecule has 1 aliphatic heterocycles. The van der Waals surface area contributed by atoms with Crippen LogP contribution in [0.15, 0.2) is 4.99 Å². The van der Waals surface area contributed by atoms with Crippen molar-refractivity contribution in [2.45, 2.75) is 156 Å². The van der Waals surface area contributed by atoms with E-state index in [4.69, 9.17) is 16.5 Å². The Balaban J connectivity index is 2.28. The fraction of sp³-hybridized carbons (Fsp3) is 0.974. The number of hydrogen-bond donors (Lipinski definition) is 6. The maximum absolute atomic E-state index is 6.83. The number of rotatable bonds is 19. The summed E-state index contributed by atoms with van der Waals surface area (Å²) in [5, 5.41) is 16.0. The molecule has 2 rings (SSSR count). The Morgan fingerprint density at radius 3 is 2.30 bits per heavy atom. The number of likely N-dealkylation sites (N-methyl/N-ethyl adjacent to an activating group) is 1. The standard InChI is InChI=1S/C39H81IN7/c1-14-18-19-33(41)47-36(42)30-20-27(6)40-22-28(30)23-45-34-26(5)21-39(12,35(29(34)15-2)37(7,8)9)46-25-32(43-13)31(24-44-17-4)38(10,11)16-3/h26-32,34-36,43-46H,14-25,42H2,1-13H3,(H2,41,47)/q-1/t26-,27+,28-,29?,30?,31?,32?,34?,35-,36?,39+/m1/s1. The van der Waals surface area contributed by atoms with Crippen LogP contribution in [0, 0.1) is 46.3 Å². The molecule has 0 aromatic carbocycles. The zero-order chi connectivity index (χ0) is 35.6. The van der Waals surface area contributed by atoms with E-state index < -0.39 is 0 Å². The van der Waals surface area contributed by atoms with Gasteiger partial charge in [-0.25, -0.2) is 0 Å². The number of nitrogens with two attached hydrogens (primary N) is 2. The summed E-state index contributed by atoms with van der Waals surface area (Å²) in [4.78, 5) is 4.86. The predicted octanol–water partition coefficient (Wildman–Crippen LogP) is 3.22. The van der Waals surface area contributed by atoms with Gasteiger partial charge in [0.15, 0.2) is 0 Å². The Hall–Kier alpha value is -0.0000000000000000971. The van der Waals surface area contributed by atoms with Gasteiger partial charge in [0.25, 0.3) is 0 Å². The van der Waals surface area contributed by atoms with Gasteiger partial charge in [-0.05, 0) is 25.6 Å². The molecule has 0 spiro atoms. The molecule has 1 aliphatic carbocycles. The van der Waals surface area contributed by atoms with E-state index in [-0.39, 0.29) is 43.7 Å². The Kier molecular flexibility index (Phi) is 18.0. The van der Waals surface area contributed by atoms with Crippen molar-refractivity contribution in [1.29, 1.82) is 0 Å². The van der Waals surface area contributed by atoms with E-state index in [1.807, 2.05) is 0 Å². The average molecular weight is 775 g/mol. The predicted molar refractivity (Wildman–Crippen MR) is 203 cm³/mol. The van der Waals surface area contributed by atoms with E-state index in [1.54, 1.807) is 0 Å². The van der Waals surface area contributed by atoms with Crippen LogP contribution in [0.5, 0.6) is 0 Å². The second-order valence-corrected chi connectivity index (χ2v) is 21.3. The summed E-state index contributed by atoms with van der Waals surface area (Å²) in [5.74, 6) is 4.03. The van der Waals surface area contributed by atoms with Crippen molar-refractivity contribution in [3.05, 3.63) is 0 Å². The first-order chi connectivity index (χ1) is 22.0. The third-order valence-electron chi connectivity index (χ3n) is 12.4. The number of nitrogens with zero attached hydrogens (tertiary/aromatic N) is 1. The average Bonchev–Trinajstić information content (AvgIpc) is 3.00. The summed E-state index contributed by atoms with van der Waals surface area (Å²) in [6, 6.07) is 0.914. The zero-order valence-electron chi connectivity index (χ0n) is 33.2. The second kappa shape index (κ2) is 19.6. The summed E-state index contributed by atoms with van der Waals surface area (Å²) >= 11 is 0.198. The minimum absolute atomic E-state index is 0.0616. The van der Waals surface area contributed by atoms with Crippen LogP contribution in [0.25, 0.3) is 0 Å². The van der Waals surface area contributed by atoms with E-state index in [2.05, 4.69) is 111 Å². The Morgan fingerprint density at radius 1 is 1.06 bits per heavy atom. The van der Waals surface area contributed by atoms with Gasteiger partial charge < -0.3 is 5.32 Å². The minimum atomic E-state index is -0.180. The second-order valence-electron chi connectivity index (χ2n) is 17.4. The Labute approximate surface area is 303 Å². The quantitative estimate of drug-likeness (QED) is 0.0521. The summed E-state index contributed by atoms with van der Waals surface area (Å²) in [5.41, 5.74) is 13.7. The van der Waals surface area contributed by atoms with Gasteiger partial charge in [0.05, 0.1) is 0 Å². The Bertz CT molecular complexity index is 919. The molecular weight excluding hydrogens is 693 g/mol. The molecule has 11 atom stereocenters. The van der Waals surface area contributed by atoms with Crippen molar-refractivity contribution in [3.63, 3.8) is 0 Å². The number of amidine groups is 1. The molecule has 280 valence electrons. The summed E-state index contributed by atoms with van der Waals surface area (Å²) in [6.07, 6.45) is 7.66. The van der Waals surface area contributed by atoms with E-state index in [1.165, 1.54) is 30.1 Å². The van der Waals surface area contributed by atoms with E-state index >= 15 is 0 Å². The van der Waals surface area contributed by atoms with Gasteiger partial charge in [-0.2, -0.15) is 0 Å². The number of alkyl halides is 2. The van der Waals surface area contributed by atoms with Crippen LogP contribution in [0.3, 0.4) is 0 Å². The number of nitrogens with one attached hydrogen (secondary N) is 4. The van der Waals surface area contributed by atoms with Crippen molar-refractivity contribution >= 4 is 5.84 Å². The van der Waals surface area contributed by atoms with Crippen molar-refractivity contribution < 1.29 is 21.2 Å². The van der Waals surface area contributed by atoms with Crippen LogP contribution in [0.2, 0.25) is 0 Å². The number of hydrogen-bond acceptors (Lipinski definition) is 6. The van der Waals surface area contributed by atoms with Crippen molar-refractivity contribution in [1.82, 2.24) is 21.3 Å². The summed E-state index contributed by atoms with van der Waals surface area (Å²) in [6.45, 7) is 33.2. The Morgan fingerprint density at radius 2 is 1.74 bits per heavy atom. The molecule has 0 aromatic rings. The summed E-state index contributed by atoms with van der Waals surface area (Å²) in [7, 11) is 2.16. The van der Waals surface area contributed by atoms with Crippen LogP contribution < -0.4 is 53.9 Å². The molecule has 1 heterocycles. The van der Waals surface area contributed by atoms with Crippen molar-refractivity contribution in [2.75, 3.05) is 37.7 Å². The first-order valence-corrected chi connectivity index (χ1v) is 22.3. The molecule has 8 N–H and O–H groups in total. The molecule has 2 aliphatic rings. The maximum atomic E-state index is 6.83. The zero-order valence-corrected chi connectivity index (χ0v) is 35.4. The number of aliphatic imine (C=N–C) groups is 1. The number of halogens is 1. The van der Waals surface area contributed by atoms with Crippen LogP contribution in [-0.2, 0) is 0 Å². The molecule has 0 bridgehead atoms. The monoisotopic (exact) mass is 775 g/mol. The third-order valence-corrected chi connectivity index (χ3v) is 16.0. The molecule has 0 amide bonds. The van der Waals surface area contributed by atoms with Gasteiger partial charge in [0.2, 0.25) is 0 Å². The molecule has 1 saturated carbocycles. The molecule has 47 heavy (non-hydrogen) atoms. The summed E-state index contributed by atoms with van der Waals surface area (Å²) < 4.78 is 2.15. The fourth-order valence-electron chi connectivity index (χ4n) is 9.59. The first-order valence-electron chi connectivity index (χ1n) is 19.5. The normalized spacial score (nSPS) is 33.2. The van der Waals surface area contributed by atoms with Crippen LogP contribution in [-0.4, -0.2) is 71.2 Å². The van der Waals surface area contributed by atoms with E-state index in [0.717, 1.165) is 55.2 Å². The first kappa shape index (κ1) is 43.2. The van der Waals surface area contributed by atoms with Crippen molar-refractivity contribution in [3.8, 4) is 0 Å². The van der Waals surface area contributed by atoms with Crippen molar-refractivity contribution in [2.24, 2.45) is 62.8 Å². The van der Waals surface area contributed by atoms with Gasteiger partial charge in [-0.1, -0.05) is 34.1 Å².